The fourth-order valence-electron chi connectivity index (χ4n) is 3.78. The molecule has 2 aromatic carbocycles. The molecule has 0 radical (unpaired) electrons. The van der Waals surface area contributed by atoms with E-state index in [0.717, 1.165) is 43.0 Å². The number of para-hydroxylation sites is 1. The molecule has 6 nitrogen and oxygen atoms in total. The molecule has 1 fully saturated rings. The van der Waals surface area contributed by atoms with E-state index in [-0.39, 0.29) is 24.2 Å². The average molecular weight is 427 g/mol. The highest BCUT2D eigenvalue weighted by molar-refractivity contribution is 5.93. The Bertz CT molecular complexity index is 905. The van der Waals surface area contributed by atoms with Crippen LogP contribution in [0.5, 0.6) is 0 Å². The summed E-state index contributed by atoms with van der Waals surface area (Å²) in [4.78, 5) is 30.8. The Kier molecular flexibility index (Phi) is 7.76. The molecule has 1 aliphatic rings. The summed E-state index contributed by atoms with van der Waals surface area (Å²) in [5.74, 6) is -0.356. The quantitative estimate of drug-likeness (QED) is 0.740. The number of carbonyl (C=O) groups excluding carboxylic acids is 2. The number of carbonyl (C=O) groups is 2. The molecule has 3 rings (SSSR count). The van der Waals surface area contributed by atoms with E-state index in [0.29, 0.717) is 18.7 Å². The summed E-state index contributed by atoms with van der Waals surface area (Å²) in [5, 5.41) is 3.03. The van der Waals surface area contributed by atoms with E-state index in [4.69, 9.17) is 0 Å². The number of halogens is 1. The number of rotatable bonds is 7. The molecule has 166 valence electrons. The first-order valence-electron chi connectivity index (χ1n) is 10.6. The van der Waals surface area contributed by atoms with Crippen molar-refractivity contribution in [3.05, 3.63) is 65.0 Å². The number of amides is 2. The maximum atomic E-state index is 13.8. The molecule has 7 heteroatoms. The summed E-state index contributed by atoms with van der Waals surface area (Å²) in [6, 6.07) is 12.5. The summed E-state index contributed by atoms with van der Waals surface area (Å²) in [5.41, 5.74) is 3.50. The topological polar surface area (TPSA) is 55.9 Å². The van der Waals surface area contributed by atoms with Crippen molar-refractivity contribution in [3.63, 3.8) is 0 Å². The van der Waals surface area contributed by atoms with Crippen molar-refractivity contribution in [1.82, 2.24) is 14.7 Å². The first kappa shape index (κ1) is 22.9. The number of nitrogens with zero attached hydrogens (tertiary/aromatic N) is 3. The number of piperazine rings is 1. The first-order chi connectivity index (χ1) is 14.8. The molecule has 0 saturated carbocycles. The van der Waals surface area contributed by atoms with Crippen molar-refractivity contribution in [1.29, 1.82) is 0 Å². The van der Waals surface area contributed by atoms with E-state index in [9.17, 15) is 14.0 Å². The zero-order valence-electron chi connectivity index (χ0n) is 18.5. The Morgan fingerprint density at radius 2 is 1.52 bits per heavy atom. The molecule has 31 heavy (non-hydrogen) atoms. The molecule has 1 saturated heterocycles. The van der Waals surface area contributed by atoms with Crippen LogP contribution < -0.4 is 5.32 Å². The molecule has 0 aliphatic carbocycles. The zero-order chi connectivity index (χ0) is 22.4. The van der Waals surface area contributed by atoms with Crippen molar-refractivity contribution >= 4 is 17.5 Å². The molecule has 1 heterocycles. The van der Waals surface area contributed by atoms with Gasteiger partial charge in [-0.1, -0.05) is 36.4 Å². The Hall–Kier alpha value is -2.77. The molecule has 0 bridgehead atoms. The average Bonchev–Trinajstić information content (AvgIpc) is 2.74. The lowest BCUT2D eigenvalue weighted by atomic mass is 10.1. The molecule has 0 atom stereocenters. The van der Waals surface area contributed by atoms with Crippen LogP contribution in [0.4, 0.5) is 10.1 Å². The molecule has 1 aliphatic heterocycles. The van der Waals surface area contributed by atoms with Crippen molar-refractivity contribution < 1.29 is 14.0 Å². The van der Waals surface area contributed by atoms with Gasteiger partial charge in [-0.25, -0.2) is 4.39 Å². The minimum absolute atomic E-state index is 0.0217. The second-order valence-corrected chi connectivity index (χ2v) is 8.21. The minimum Gasteiger partial charge on any atom is -0.340 e. The van der Waals surface area contributed by atoms with Gasteiger partial charge in [-0.15, -0.1) is 0 Å². The van der Waals surface area contributed by atoms with Crippen molar-refractivity contribution in [2.45, 2.75) is 20.4 Å². The number of benzene rings is 2. The number of hydrogen-bond acceptors (Lipinski definition) is 4. The van der Waals surface area contributed by atoms with Gasteiger partial charge in [-0.2, -0.15) is 0 Å². The summed E-state index contributed by atoms with van der Waals surface area (Å²) in [7, 11) is 1.70. The molecular weight excluding hydrogens is 395 g/mol. The van der Waals surface area contributed by atoms with Crippen LogP contribution in [0.3, 0.4) is 0 Å². The van der Waals surface area contributed by atoms with E-state index >= 15 is 0 Å². The third kappa shape index (κ3) is 6.35. The van der Waals surface area contributed by atoms with E-state index < -0.39 is 0 Å². The highest BCUT2D eigenvalue weighted by Crippen LogP contribution is 2.19. The fraction of sp³-hybridized carbons (Fsp3) is 0.417. The van der Waals surface area contributed by atoms with Gasteiger partial charge in [0, 0.05) is 51.0 Å². The Morgan fingerprint density at radius 3 is 2.13 bits per heavy atom. The predicted molar refractivity (Wildman–Crippen MR) is 120 cm³/mol. The largest absolute Gasteiger partial charge is 0.340 e. The van der Waals surface area contributed by atoms with Gasteiger partial charge >= 0.3 is 0 Å². The predicted octanol–water partition coefficient (Wildman–Crippen LogP) is 2.66. The number of anilines is 1. The fourth-order valence-corrected chi connectivity index (χ4v) is 3.78. The van der Waals surface area contributed by atoms with Gasteiger partial charge in [0.1, 0.15) is 5.82 Å². The van der Waals surface area contributed by atoms with Crippen molar-refractivity contribution in [3.8, 4) is 0 Å². The van der Waals surface area contributed by atoms with Gasteiger partial charge in [0.25, 0.3) is 0 Å². The lowest BCUT2D eigenvalue weighted by Gasteiger charge is -2.34. The Balaban J connectivity index is 1.42. The van der Waals surface area contributed by atoms with Crippen LogP contribution in [0.1, 0.15) is 16.7 Å². The lowest BCUT2D eigenvalue weighted by molar-refractivity contribution is -0.132. The third-order valence-electron chi connectivity index (χ3n) is 5.73. The molecule has 2 amide bonds. The van der Waals surface area contributed by atoms with E-state index in [1.807, 2.05) is 32.0 Å². The van der Waals surface area contributed by atoms with Gasteiger partial charge in [-0.3, -0.25) is 19.4 Å². The van der Waals surface area contributed by atoms with E-state index in [1.165, 1.54) is 6.07 Å². The van der Waals surface area contributed by atoms with Crippen LogP contribution in [0.2, 0.25) is 0 Å². The molecule has 1 N–H and O–H groups in total. The number of likely N-dealkylation sites (N-methyl/N-ethyl adjacent to an activating group) is 1. The summed E-state index contributed by atoms with van der Waals surface area (Å²) < 4.78 is 13.8. The summed E-state index contributed by atoms with van der Waals surface area (Å²) >= 11 is 0. The monoisotopic (exact) mass is 426 g/mol. The number of aryl methyl sites for hydroxylation is 2. The number of nitrogens with one attached hydrogen (secondary N) is 1. The summed E-state index contributed by atoms with van der Waals surface area (Å²) in [6.07, 6.45) is 0. The molecule has 0 unspecified atom stereocenters. The van der Waals surface area contributed by atoms with Gasteiger partial charge in [-0.05, 0) is 31.0 Å². The van der Waals surface area contributed by atoms with Gasteiger partial charge < -0.3 is 10.2 Å². The van der Waals surface area contributed by atoms with Crippen LogP contribution in [0.25, 0.3) is 0 Å². The van der Waals surface area contributed by atoms with Crippen molar-refractivity contribution in [2.75, 3.05) is 51.6 Å². The Morgan fingerprint density at radius 1 is 0.935 bits per heavy atom. The Labute approximate surface area is 183 Å². The van der Waals surface area contributed by atoms with Crippen LogP contribution >= 0.6 is 0 Å². The van der Waals surface area contributed by atoms with Gasteiger partial charge in [0.05, 0.1) is 13.1 Å². The van der Waals surface area contributed by atoms with Crippen LogP contribution in [-0.2, 0) is 16.1 Å². The minimum atomic E-state index is -0.296. The normalized spacial score (nSPS) is 15.0. The smallest absolute Gasteiger partial charge is 0.238 e. The zero-order valence-corrected chi connectivity index (χ0v) is 18.5. The van der Waals surface area contributed by atoms with Crippen LogP contribution in [0, 0.1) is 19.7 Å². The number of hydrogen-bond donors (Lipinski definition) is 1. The molecule has 0 aromatic heterocycles. The van der Waals surface area contributed by atoms with E-state index in [1.54, 1.807) is 30.1 Å². The molecule has 0 spiro atoms. The van der Waals surface area contributed by atoms with Crippen LogP contribution in [0.15, 0.2) is 42.5 Å². The lowest BCUT2D eigenvalue weighted by Crippen LogP contribution is -2.51. The molecule has 2 aromatic rings. The second kappa shape index (κ2) is 10.5. The second-order valence-electron chi connectivity index (χ2n) is 8.21. The summed E-state index contributed by atoms with van der Waals surface area (Å²) in [6.45, 7) is 7.75. The standard InChI is InChI=1S/C24H31FN4O2/c1-18-7-6-8-19(2)24(18)26-22(30)16-28-11-13-29(14-12-28)17-23(31)27(3)15-20-9-4-5-10-21(20)25/h4-10H,11-17H2,1-3H3,(H,26,30). The highest BCUT2D eigenvalue weighted by Gasteiger charge is 2.22. The van der Waals surface area contributed by atoms with Crippen molar-refractivity contribution in [2.24, 2.45) is 0 Å². The van der Waals surface area contributed by atoms with Gasteiger partial charge in [0.15, 0.2) is 0 Å². The van der Waals surface area contributed by atoms with Gasteiger partial charge in [0.2, 0.25) is 11.8 Å². The highest BCUT2D eigenvalue weighted by atomic mass is 19.1. The third-order valence-corrected chi connectivity index (χ3v) is 5.73. The molecular formula is C24H31FN4O2. The van der Waals surface area contributed by atoms with E-state index in [2.05, 4.69) is 15.1 Å². The maximum absolute atomic E-state index is 13.8. The first-order valence-corrected chi connectivity index (χ1v) is 10.6. The van der Waals surface area contributed by atoms with Crippen LogP contribution in [-0.4, -0.2) is 72.8 Å². The maximum Gasteiger partial charge on any atom is 0.238 e. The SMILES string of the molecule is Cc1cccc(C)c1NC(=O)CN1CCN(CC(=O)N(C)Cc2ccccc2F)CC1.